The molecule has 0 N–H and O–H groups in total. The van der Waals surface area contributed by atoms with Gasteiger partial charge in [-0.25, -0.2) is 4.98 Å². The van der Waals surface area contributed by atoms with Crippen LogP contribution in [0.4, 0.5) is 0 Å². The number of rotatable bonds is 5. The van der Waals surface area contributed by atoms with Crippen molar-refractivity contribution in [2.75, 3.05) is 0 Å². The van der Waals surface area contributed by atoms with Gasteiger partial charge in [0, 0.05) is 31.3 Å². The Bertz CT molecular complexity index is 4080. The Morgan fingerprint density at radius 3 is 2.00 bits per heavy atom. The summed E-state index contributed by atoms with van der Waals surface area (Å²) in [5.41, 5.74) is 13.8. The number of aromatic nitrogens is 4. The van der Waals surface area contributed by atoms with Crippen molar-refractivity contribution >= 4 is 32.8 Å². The molecule has 0 aliphatic carbocycles. The first-order valence-electron chi connectivity index (χ1n) is 26.5. The first kappa shape index (κ1) is 36.1. The molecular formula is C64H54N4O. The van der Waals surface area contributed by atoms with Crippen molar-refractivity contribution in [3.05, 3.63) is 211 Å². The molecule has 0 saturated carbocycles. The Balaban J connectivity index is 1.05. The van der Waals surface area contributed by atoms with E-state index in [0.717, 1.165) is 89.0 Å². The molecule has 0 atom stereocenters. The lowest BCUT2D eigenvalue weighted by atomic mass is 9.81. The van der Waals surface area contributed by atoms with E-state index >= 15 is 0 Å². The van der Waals surface area contributed by atoms with Gasteiger partial charge in [-0.2, -0.15) is 0 Å². The van der Waals surface area contributed by atoms with Gasteiger partial charge in [0.05, 0.1) is 33.4 Å². The van der Waals surface area contributed by atoms with Gasteiger partial charge >= 0.3 is 0 Å². The van der Waals surface area contributed by atoms with Crippen LogP contribution in [0.15, 0.2) is 182 Å². The summed E-state index contributed by atoms with van der Waals surface area (Å²) in [5, 5.41) is 2.24. The molecule has 1 aliphatic heterocycles. The van der Waals surface area contributed by atoms with Crippen molar-refractivity contribution in [2.24, 2.45) is 0 Å². The molecule has 8 aromatic carbocycles. The fourth-order valence-corrected chi connectivity index (χ4v) is 10.4. The molecule has 11 aromatic rings. The number of nitrogens with zero attached hydrogens (tertiary/aromatic N) is 4. The molecule has 0 unspecified atom stereocenters. The Hall–Kier alpha value is -8.02. The van der Waals surface area contributed by atoms with E-state index in [1.54, 1.807) is 0 Å². The third-order valence-electron chi connectivity index (χ3n) is 13.7. The number of benzene rings is 8. The zero-order chi connectivity index (χ0) is 52.3. The minimum absolute atomic E-state index is 0.00813. The topological polar surface area (TPSA) is 35.9 Å². The fraction of sp³-hybridized carbons (Fsp3) is 0.156. The lowest BCUT2D eigenvalue weighted by molar-refractivity contribution is -0.572. The van der Waals surface area contributed by atoms with Crippen molar-refractivity contribution in [3.8, 4) is 73.2 Å². The predicted molar refractivity (Wildman–Crippen MR) is 284 cm³/mol. The Kier molecular flexibility index (Phi) is 8.25. The molecule has 336 valence electrons. The van der Waals surface area contributed by atoms with Gasteiger partial charge in [-0.05, 0) is 146 Å². The van der Waals surface area contributed by atoms with E-state index < -0.39 is 13.7 Å². The minimum Gasteiger partial charge on any atom is -0.458 e. The molecule has 0 amide bonds. The van der Waals surface area contributed by atoms with Gasteiger partial charge in [-0.15, -0.1) is 0 Å². The number of pyridine rings is 1. The summed E-state index contributed by atoms with van der Waals surface area (Å²) in [7, 11) is 0. The highest BCUT2D eigenvalue weighted by Gasteiger charge is 2.29. The number of hydrogen-bond donors (Lipinski definition) is 0. The summed E-state index contributed by atoms with van der Waals surface area (Å²) in [6, 6.07) is 58.6. The van der Waals surface area contributed by atoms with Gasteiger partial charge in [0.25, 0.3) is 6.33 Å². The van der Waals surface area contributed by atoms with Gasteiger partial charge in [0.1, 0.15) is 17.3 Å². The van der Waals surface area contributed by atoms with Crippen LogP contribution in [-0.4, -0.2) is 14.1 Å². The van der Waals surface area contributed by atoms with Gasteiger partial charge in [-0.3, -0.25) is 13.7 Å². The van der Waals surface area contributed by atoms with Gasteiger partial charge < -0.3 is 4.74 Å². The monoisotopic (exact) mass is 900 g/mol. The largest absolute Gasteiger partial charge is 0.458 e. The lowest BCUT2D eigenvalue weighted by Gasteiger charge is -2.26. The summed E-state index contributed by atoms with van der Waals surface area (Å²) in [6.45, 7) is 8.11. The normalized spacial score (nSPS) is 14.0. The molecule has 0 spiro atoms. The van der Waals surface area contributed by atoms with Crippen LogP contribution >= 0.6 is 0 Å². The van der Waals surface area contributed by atoms with Crippen LogP contribution < -0.4 is 9.30 Å². The highest BCUT2D eigenvalue weighted by molar-refractivity contribution is 6.09. The second kappa shape index (κ2) is 15.8. The molecule has 3 aromatic heterocycles. The third kappa shape index (κ3) is 6.98. The van der Waals surface area contributed by atoms with Crippen LogP contribution in [0, 0.1) is 20.0 Å². The number of hydrogen-bond acceptors (Lipinski definition) is 2. The summed E-state index contributed by atoms with van der Waals surface area (Å²) in [5.74, 6) is 2.18. The third-order valence-corrected chi connectivity index (χ3v) is 13.7. The highest BCUT2D eigenvalue weighted by Crippen LogP contribution is 2.47. The maximum atomic E-state index is 8.57. The molecular weight excluding hydrogens is 841 g/mol. The van der Waals surface area contributed by atoms with Crippen molar-refractivity contribution in [3.63, 3.8) is 0 Å². The molecule has 12 rings (SSSR count). The molecule has 0 bridgehead atoms. The Morgan fingerprint density at radius 1 is 0.536 bits per heavy atom. The number of aryl methyl sites for hydroxylation is 2. The van der Waals surface area contributed by atoms with Crippen LogP contribution in [0.5, 0.6) is 11.5 Å². The predicted octanol–water partition coefficient (Wildman–Crippen LogP) is 16.2. The highest BCUT2D eigenvalue weighted by atomic mass is 16.5. The van der Waals surface area contributed by atoms with Crippen molar-refractivity contribution in [1.29, 1.82) is 0 Å². The van der Waals surface area contributed by atoms with E-state index in [2.05, 4.69) is 171 Å². The molecule has 0 saturated heterocycles. The average Bonchev–Trinajstić information content (AvgIpc) is 3.96. The van der Waals surface area contributed by atoms with E-state index in [1.165, 1.54) is 23.8 Å². The van der Waals surface area contributed by atoms with Crippen molar-refractivity contribution in [1.82, 2.24) is 14.1 Å². The van der Waals surface area contributed by atoms with E-state index in [0.29, 0.717) is 17.1 Å². The number of ether oxygens (including phenoxy) is 1. The van der Waals surface area contributed by atoms with Crippen LogP contribution in [0.25, 0.3) is 94.5 Å². The first-order valence-corrected chi connectivity index (χ1v) is 23.5. The number of para-hydroxylation sites is 3. The van der Waals surface area contributed by atoms with E-state index in [-0.39, 0.29) is 27.5 Å². The Morgan fingerprint density at radius 2 is 1.20 bits per heavy atom. The minimum atomic E-state index is -2.57. The van der Waals surface area contributed by atoms with Crippen LogP contribution in [0.3, 0.4) is 0 Å². The van der Waals surface area contributed by atoms with Gasteiger partial charge in [0.2, 0.25) is 0 Å². The van der Waals surface area contributed by atoms with E-state index in [4.69, 9.17) is 17.9 Å². The fourth-order valence-electron chi connectivity index (χ4n) is 10.4. The molecule has 69 heavy (non-hydrogen) atoms. The molecule has 5 nitrogen and oxygen atoms in total. The molecule has 0 radical (unpaired) electrons. The SMILES string of the molecule is [2H]C([2H])([2H])c1cccc(C([2H])([2H])[2H])c1-c1ccc2c(c1)-c1cccc(C(C)(C)C)c1-[n+]1[c-]n(-c3cccc(Oc4ccc5c6ccccc6n(-c6cc(C(C)(C)C)ccn6)c5c4)c3)c3cccc(c31)-c1ccccc1-2. The summed E-state index contributed by atoms with van der Waals surface area (Å²) < 4.78 is 64.8. The van der Waals surface area contributed by atoms with E-state index in [1.807, 2.05) is 54.7 Å². The van der Waals surface area contributed by atoms with Crippen molar-refractivity contribution < 1.29 is 17.5 Å². The maximum Gasteiger partial charge on any atom is 0.269 e. The summed E-state index contributed by atoms with van der Waals surface area (Å²) in [4.78, 5) is 4.89. The number of fused-ring (bicyclic) bond motifs is 10. The lowest BCUT2D eigenvalue weighted by Crippen LogP contribution is -2.35. The first-order chi connectivity index (χ1) is 35.7. The zero-order valence-electron chi connectivity index (χ0n) is 45.5. The van der Waals surface area contributed by atoms with Crippen LogP contribution in [-0.2, 0) is 10.8 Å². The van der Waals surface area contributed by atoms with Crippen LogP contribution in [0.2, 0.25) is 0 Å². The average molecular weight is 901 g/mol. The van der Waals surface area contributed by atoms with Crippen molar-refractivity contribution in [2.45, 2.75) is 66.1 Å². The molecule has 1 aliphatic rings. The van der Waals surface area contributed by atoms with Crippen LogP contribution in [0.1, 0.15) is 72.0 Å². The van der Waals surface area contributed by atoms with Gasteiger partial charge in [-0.1, -0.05) is 157 Å². The molecule has 4 heterocycles. The summed E-state index contributed by atoms with van der Waals surface area (Å²) >= 11 is 0. The standard InChI is InChI=1S/C64H54N4O/c1-40-17-13-18-41(2)60(40)42-29-31-49-47-21-9-10-22-48(47)52-25-16-28-57-62(52)67(61-53(54(49)35-42)24-15-26-55(61)64(6,7)8)39-66(57)44-19-14-20-45(37-44)69-46-30-32-51-50-23-11-12-27-56(50)68(58(51)38-46)59-36-43(33-34-65-59)63(3,4)5/h9-38H,1-8H3/i1D3,2D3. The maximum absolute atomic E-state index is 8.57. The molecule has 0 fully saturated rings. The second-order valence-electron chi connectivity index (χ2n) is 20.2. The summed E-state index contributed by atoms with van der Waals surface area (Å²) in [6.07, 6.45) is 5.76. The number of imidazole rings is 1. The zero-order valence-corrected chi connectivity index (χ0v) is 39.5. The van der Waals surface area contributed by atoms with E-state index in [9.17, 15) is 0 Å². The quantitative estimate of drug-likeness (QED) is 0.127. The van der Waals surface area contributed by atoms with Gasteiger partial charge in [0.15, 0.2) is 0 Å². The second-order valence-corrected chi connectivity index (χ2v) is 20.2. The Labute approximate surface area is 413 Å². The molecule has 5 heteroatoms. The smallest absolute Gasteiger partial charge is 0.269 e.